The highest BCUT2D eigenvalue weighted by Crippen LogP contribution is 2.25. The van der Waals surface area contributed by atoms with Gasteiger partial charge >= 0.3 is 0 Å². The summed E-state index contributed by atoms with van der Waals surface area (Å²) in [5.41, 5.74) is 3.03. The Morgan fingerprint density at radius 3 is 2.52 bits per heavy atom. The van der Waals surface area contributed by atoms with Crippen molar-refractivity contribution in [2.45, 2.75) is 26.3 Å². The average molecular weight is 460 g/mol. The molecule has 1 aromatic heterocycles. The van der Waals surface area contributed by atoms with Gasteiger partial charge in [-0.15, -0.1) is 12.4 Å². The third-order valence-electron chi connectivity index (χ3n) is 5.53. The van der Waals surface area contributed by atoms with Crippen LogP contribution >= 0.6 is 24.0 Å². The minimum Gasteiger partial charge on any atom is -0.441 e. The fourth-order valence-corrected chi connectivity index (χ4v) is 3.93. The number of carbonyl (C=O) groups excluding carboxylic acids is 1. The summed E-state index contributed by atoms with van der Waals surface area (Å²) in [6.07, 6.45) is 1.36. The quantitative estimate of drug-likeness (QED) is 0.520. The molecule has 31 heavy (non-hydrogen) atoms. The van der Waals surface area contributed by atoms with E-state index in [-0.39, 0.29) is 18.3 Å². The number of oxazole rings is 1. The first-order valence-electron chi connectivity index (χ1n) is 10.3. The number of nitrogens with zero attached hydrogens (tertiary/aromatic N) is 3. The van der Waals surface area contributed by atoms with Gasteiger partial charge in [0.1, 0.15) is 5.76 Å². The zero-order chi connectivity index (χ0) is 20.9. The fraction of sp³-hybridized carbons (Fsp3) is 0.333. The highest BCUT2D eigenvalue weighted by atomic mass is 35.5. The van der Waals surface area contributed by atoms with Gasteiger partial charge in [0.2, 0.25) is 11.8 Å². The van der Waals surface area contributed by atoms with Crippen molar-refractivity contribution in [3.8, 4) is 11.5 Å². The summed E-state index contributed by atoms with van der Waals surface area (Å²) in [7, 11) is 0. The second-order valence-corrected chi connectivity index (χ2v) is 8.11. The maximum atomic E-state index is 12.5. The van der Waals surface area contributed by atoms with Crippen molar-refractivity contribution in [2.75, 3.05) is 26.2 Å². The molecule has 2 aromatic carbocycles. The highest BCUT2D eigenvalue weighted by molar-refractivity contribution is 6.30. The number of hydrogen-bond acceptors (Lipinski definition) is 4. The first-order valence-corrected chi connectivity index (χ1v) is 10.7. The molecule has 2 heterocycles. The molecule has 1 amide bonds. The topological polar surface area (TPSA) is 49.6 Å². The van der Waals surface area contributed by atoms with Crippen LogP contribution in [0.2, 0.25) is 5.02 Å². The lowest BCUT2D eigenvalue weighted by Crippen LogP contribution is -2.48. The minimum atomic E-state index is 0. The Hall–Kier alpha value is -2.34. The molecule has 0 unspecified atom stereocenters. The maximum absolute atomic E-state index is 12.5. The molecular weight excluding hydrogens is 433 g/mol. The van der Waals surface area contributed by atoms with Crippen molar-refractivity contribution in [1.82, 2.24) is 14.8 Å². The van der Waals surface area contributed by atoms with E-state index < -0.39 is 0 Å². The summed E-state index contributed by atoms with van der Waals surface area (Å²) in [5.74, 6) is 1.66. The summed E-state index contributed by atoms with van der Waals surface area (Å²) in [5, 5.41) is 0.665. The molecular formula is C24H27Cl2N3O2. The van der Waals surface area contributed by atoms with Gasteiger partial charge in [-0.1, -0.05) is 48.0 Å². The number of aromatic nitrogens is 1. The Bertz CT molecular complexity index is 999. The maximum Gasteiger partial charge on any atom is 0.226 e. The molecule has 0 saturated carbocycles. The monoisotopic (exact) mass is 459 g/mol. The van der Waals surface area contributed by atoms with Gasteiger partial charge in [0.05, 0.1) is 5.69 Å². The van der Waals surface area contributed by atoms with Crippen LogP contribution in [-0.4, -0.2) is 46.9 Å². The van der Waals surface area contributed by atoms with Gasteiger partial charge in [0.15, 0.2) is 0 Å². The standard InChI is InChI=1S/C24H26ClN3O2.ClH/c1-18-22(26-24(30-18)20-8-5-9-21(25)16-20)17-27-12-14-28(15-13-27)23(29)11-10-19-6-3-2-4-7-19;/h2-9,16H,10-15,17H2,1H3;1H. The largest absolute Gasteiger partial charge is 0.441 e. The molecule has 0 radical (unpaired) electrons. The zero-order valence-corrected chi connectivity index (χ0v) is 19.2. The van der Waals surface area contributed by atoms with Crippen LogP contribution in [0.25, 0.3) is 11.5 Å². The molecule has 1 aliphatic rings. The van der Waals surface area contributed by atoms with Gasteiger partial charge in [0.25, 0.3) is 0 Å². The van der Waals surface area contributed by atoms with E-state index in [2.05, 4.69) is 22.0 Å². The second kappa shape index (κ2) is 10.8. The lowest BCUT2D eigenvalue weighted by Gasteiger charge is -2.34. The van der Waals surface area contributed by atoms with Crippen LogP contribution in [0.3, 0.4) is 0 Å². The normalized spacial score (nSPS) is 14.3. The van der Waals surface area contributed by atoms with E-state index in [1.807, 2.05) is 54.3 Å². The molecule has 0 spiro atoms. The lowest BCUT2D eigenvalue weighted by atomic mass is 10.1. The number of carbonyl (C=O) groups is 1. The summed E-state index contributed by atoms with van der Waals surface area (Å²) >= 11 is 6.08. The SMILES string of the molecule is Cc1oc(-c2cccc(Cl)c2)nc1CN1CCN(C(=O)CCc2ccccc2)CC1.Cl. The molecule has 0 N–H and O–H groups in total. The van der Waals surface area contributed by atoms with Gasteiger partial charge in [-0.05, 0) is 37.1 Å². The van der Waals surface area contributed by atoms with Crippen LogP contribution in [0.1, 0.15) is 23.4 Å². The third-order valence-corrected chi connectivity index (χ3v) is 5.77. The molecule has 0 atom stereocenters. The van der Waals surface area contributed by atoms with Crippen molar-refractivity contribution < 1.29 is 9.21 Å². The van der Waals surface area contributed by atoms with Crippen LogP contribution in [0.15, 0.2) is 59.0 Å². The molecule has 0 aliphatic carbocycles. The number of rotatable bonds is 6. The first kappa shape index (κ1) is 23.3. The van der Waals surface area contributed by atoms with E-state index in [4.69, 9.17) is 16.0 Å². The van der Waals surface area contributed by atoms with Crippen LogP contribution in [0.5, 0.6) is 0 Å². The molecule has 0 bridgehead atoms. The van der Waals surface area contributed by atoms with E-state index >= 15 is 0 Å². The molecule has 164 valence electrons. The Kier molecular flexibility index (Phi) is 8.13. The number of amides is 1. The van der Waals surface area contributed by atoms with E-state index in [0.717, 1.165) is 56.2 Å². The first-order chi connectivity index (χ1) is 14.6. The molecule has 4 rings (SSSR count). The molecule has 1 saturated heterocycles. The van der Waals surface area contributed by atoms with Crippen molar-refractivity contribution in [3.63, 3.8) is 0 Å². The van der Waals surface area contributed by atoms with E-state index in [0.29, 0.717) is 17.3 Å². The fourth-order valence-electron chi connectivity index (χ4n) is 3.74. The molecule has 1 fully saturated rings. The van der Waals surface area contributed by atoms with E-state index in [9.17, 15) is 4.79 Å². The van der Waals surface area contributed by atoms with Gasteiger partial charge in [-0.3, -0.25) is 9.69 Å². The summed E-state index contributed by atoms with van der Waals surface area (Å²) in [6.45, 7) is 5.87. The van der Waals surface area contributed by atoms with E-state index in [1.54, 1.807) is 0 Å². The molecule has 7 heteroatoms. The van der Waals surface area contributed by atoms with Gasteiger partial charge in [-0.25, -0.2) is 4.98 Å². The Labute approximate surface area is 194 Å². The van der Waals surface area contributed by atoms with Crippen LogP contribution in [0.4, 0.5) is 0 Å². The van der Waals surface area contributed by atoms with Crippen molar-refractivity contribution in [1.29, 1.82) is 0 Å². The molecule has 5 nitrogen and oxygen atoms in total. The van der Waals surface area contributed by atoms with Gasteiger partial charge < -0.3 is 9.32 Å². The Morgan fingerprint density at radius 2 is 1.81 bits per heavy atom. The Balaban J connectivity index is 0.00000272. The second-order valence-electron chi connectivity index (χ2n) is 7.67. The summed E-state index contributed by atoms with van der Waals surface area (Å²) in [6, 6.07) is 17.7. The predicted molar refractivity (Wildman–Crippen MR) is 126 cm³/mol. The summed E-state index contributed by atoms with van der Waals surface area (Å²) < 4.78 is 5.87. The average Bonchev–Trinajstić information content (AvgIpc) is 3.13. The van der Waals surface area contributed by atoms with Gasteiger partial charge in [-0.2, -0.15) is 0 Å². The number of halogens is 2. The zero-order valence-electron chi connectivity index (χ0n) is 17.6. The van der Waals surface area contributed by atoms with E-state index in [1.165, 1.54) is 5.56 Å². The van der Waals surface area contributed by atoms with Crippen molar-refractivity contribution in [3.05, 3.63) is 76.6 Å². The smallest absolute Gasteiger partial charge is 0.226 e. The van der Waals surface area contributed by atoms with Crippen molar-refractivity contribution >= 4 is 29.9 Å². The number of piperazine rings is 1. The lowest BCUT2D eigenvalue weighted by molar-refractivity contribution is -0.133. The van der Waals surface area contributed by atoms with Gasteiger partial charge in [0, 0.05) is 49.7 Å². The number of aryl methyl sites for hydroxylation is 2. The van der Waals surface area contributed by atoms with Crippen LogP contribution < -0.4 is 0 Å². The van der Waals surface area contributed by atoms with Crippen molar-refractivity contribution in [2.24, 2.45) is 0 Å². The third kappa shape index (κ3) is 6.10. The van der Waals surface area contributed by atoms with Crippen LogP contribution in [-0.2, 0) is 17.8 Å². The number of hydrogen-bond donors (Lipinski definition) is 0. The predicted octanol–water partition coefficient (Wildman–Crippen LogP) is 5.00. The van der Waals surface area contributed by atoms with Crippen LogP contribution in [0, 0.1) is 6.92 Å². The summed E-state index contributed by atoms with van der Waals surface area (Å²) in [4.78, 5) is 21.5. The minimum absolute atomic E-state index is 0. The molecule has 1 aliphatic heterocycles. The molecule has 3 aromatic rings. The number of benzene rings is 2. The Morgan fingerprint density at radius 1 is 1.06 bits per heavy atom. The highest BCUT2D eigenvalue weighted by Gasteiger charge is 2.22.